The smallest absolute Gasteiger partial charge is 0.262 e. The summed E-state index contributed by atoms with van der Waals surface area (Å²) in [5, 5.41) is 9.97. The lowest BCUT2D eigenvalue weighted by Crippen LogP contribution is -2.14. The quantitative estimate of drug-likeness (QED) is 0.908. The van der Waals surface area contributed by atoms with Gasteiger partial charge in [-0.3, -0.25) is 4.79 Å². The van der Waals surface area contributed by atoms with E-state index in [0.29, 0.717) is 17.8 Å². The molecule has 0 unspecified atom stereocenters. The Kier molecular flexibility index (Phi) is 4.37. The fourth-order valence-electron chi connectivity index (χ4n) is 1.87. The van der Waals surface area contributed by atoms with E-state index in [2.05, 4.69) is 32.8 Å². The molecule has 5 heteroatoms. The summed E-state index contributed by atoms with van der Waals surface area (Å²) in [4.78, 5) is 18.9. The van der Waals surface area contributed by atoms with Crippen molar-refractivity contribution >= 4 is 15.9 Å². The highest BCUT2D eigenvalue weighted by molar-refractivity contribution is 9.10. The molecule has 0 radical (unpaired) electrons. The maximum Gasteiger partial charge on any atom is 0.262 e. The van der Waals surface area contributed by atoms with Gasteiger partial charge in [0.25, 0.3) is 5.56 Å². The molecule has 2 rings (SSSR count). The summed E-state index contributed by atoms with van der Waals surface area (Å²) < 4.78 is 0.846. The van der Waals surface area contributed by atoms with Crippen LogP contribution in [0.2, 0.25) is 0 Å². The Morgan fingerprint density at radius 3 is 2.84 bits per heavy atom. The number of aromatic amines is 1. The van der Waals surface area contributed by atoms with Crippen molar-refractivity contribution < 1.29 is 5.11 Å². The van der Waals surface area contributed by atoms with Crippen molar-refractivity contribution in [2.24, 2.45) is 0 Å². The van der Waals surface area contributed by atoms with Crippen LogP contribution in [0.15, 0.2) is 33.5 Å². The molecule has 0 aliphatic carbocycles. The van der Waals surface area contributed by atoms with Crippen LogP contribution in [0.4, 0.5) is 0 Å². The van der Waals surface area contributed by atoms with E-state index < -0.39 is 0 Å². The molecule has 1 heterocycles. The van der Waals surface area contributed by atoms with Gasteiger partial charge in [-0.15, -0.1) is 0 Å². The third-order valence-electron chi connectivity index (χ3n) is 2.83. The molecule has 2 aromatic rings. The van der Waals surface area contributed by atoms with E-state index >= 15 is 0 Å². The van der Waals surface area contributed by atoms with Gasteiger partial charge in [-0.2, -0.15) is 4.98 Å². The van der Waals surface area contributed by atoms with Gasteiger partial charge in [-0.05, 0) is 24.1 Å². The summed E-state index contributed by atoms with van der Waals surface area (Å²) in [5.74, 6) is 0.316. The molecule has 0 saturated heterocycles. The Balaban J connectivity index is 2.45. The number of unbranched alkanes of at least 4 members (excludes halogenated alkanes) is 1. The number of benzene rings is 1. The molecule has 0 aliphatic heterocycles. The van der Waals surface area contributed by atoms with Crippen molar-refractivity contribution in [3.8, 4) is 17.0 Å². The van der Waals surface area contributed by atoms with Crippen LogP contribution in [-0.2, 0) is 6.42 Å². The number of halogens is 1. The first-order valence-electron chi connectivity index (χ1n) is 6.20. The Morgan fingerprint density at radius 2 is 2.21 bits per heavy atom. The van der Waals surface area contributed by atoms with Crippen molar-refractivity contribution in [3.63, 3.8) is 0 Å². The average Bonchev–Trinajstić information content (AvgIpc) is 2.35. The largest absolute Gasteiger partial charge is 0.493 e. The second kappa shape index (κ2) is 6.02. The summed E-state index contributed by atoms with van der Waals surface area (Å²) in [7, 11) is 0. The first-order chi connectivity index (χ1) is 9.11. The topological polar surface area (TPSA) is 66.0 Å². The highest BCUT2D eigenvalue weighted by atomic mass is 79.9. The van der Waals surface area contributed by atoms with Gasteiger partial charge in [-0.25, -0.2) is 0 Å². The molecule has 0 fully saturated rings. The molecule has 19 heavy (non-hydrogen) atoms. The number of rotatable bonds is 4. The van der Waals surface area contributed by atoms with E-state index in [0.717, 1.165) is 17.3 Å². The number of hydrogen-bond acceptors (Lipinski definition) is 3. The highest BCUT2D eigenvalue weighted by Crippen LogP contribution is 2.25. The second-order valence-electron chi connectivity index (χ2n) is 4.33. The molecule has 0 spiro atoms. The molecule has 0 aliphatic rings. The standard InChI is InChI=1S/C14H15BrN2O2/c1-2-3-7-11-16-13(18)12(14(19)17-11)9-5-4-6-10(15)8-9/h4-6,8H,2-3,7H2,1H3,(H2,16,17,18,19). The number of aryl methyl sites for hydroxylation is 1. The van der Waals surface area contributed by atoms with Gasteiger partial charge in [-0.1, -0.05) is 41.4 Å². The first-order valence-corrected chi connectivity index (χ1v) is 6.99. The van der Waals surface area contributed by atoms with Crippen LogP contribution in [0.25, 0.3) is 11.1 Å². The molecular formula is C14H15BrN2O2. The van der Waals surface area contributed by atoms with E-state index in [1.165, 1.54) is 0 Å². The molecule has 2 N–H and O–H groups in total. The lowest BCUT2D eigenvalue weighted by Gasteiger charge is -2.06. The average molecular weight is 323 g/mol. The van der Waals surface area contributed by atoms with Crippen LogP contribution in [-0.4, -0.2) is 15.1 Å². The zero-order chi connectivity index (χ0) is 13.8. The van der Waals surface area contributed by atoms with Crippen LogP contribution in [0.1, 0.15) is 25.6 Å². The van der Waals surface area contributed by atoms with Gasteiger partial charge in [0, 0.05) is 10.9 Å². The molecule has 0 amide bonds. The van der Waals surface area contributed by atoms with Crippen LogP contribution < -0.4 is 5.56 Å². The van der Waals surface area contributed by atoms with Crippen LogP contribution in [0.3, 0.4) is 0 Å². The monoisotopic (exact) mass is 322 g/mol. The molecule has 4 nitrogen and oxygen atoms in total. The van der Waals surface area contributed by atoms with Crippen LogP contribution in [0, 0.1) is 0 Å². The van der Waals surface area contributed by atoms with Gasteiger partial charge < -0.3 is 10.1 Å². The van der Waals surface area contributed by atoms with Crippen molar-refractivity contribution in [2.45, 2.75) is 26.2 Å². The minimum atomic E-state index is -0.309. The van der Waals surface area contributed by atoms with E-state index in [4.69, 9.17) is 0 Å². The van der Waals surface area contributed by atoms with Crippen LogP contribution in [0.5, 0.6) is 5.88 Å². The number of aromatic nitrogens is 2. The summed E-state index contributed by atoms with van der Waals surface area (Å²) in [6.45, 7) is 2.06. The number of H-pyrrole nitrogens is 1. The predicted octanol–water partition coefficient (Wildman–Crippen LogP) is 3.25. The van der Waals surface area contributed by atoms with Crippen molar-refractivity contribution in [3.05, 3.63) is 44.9 Å². The van der Waals surface area contributed by atoms with Gasteiger partial charge in [0.15, 0.2) is 0 Å². The Bertz CT molecular complexity index is 638. The molecule has 0 bridgehead atoms. The molecular weight excluding hydrogens is 308 g/mol. The summed E-state index contributed by atoms with van der Waals surface area (Å²) in [6.07, 6.45) is 2.61. The summed E-state index contributed by atoms with van der Waals surface area (Å²) in [6, 6.07) is 7.21. The lowest BCUT2D eigenvalue weighted by molar-refractivity contribution is 0.449. The first kappa shape index (κ1) is 13.8. The predicted molar refractivity (Wildman–Crippen MR) is 78.3 cm³/mol. The summed E-state index contributed by atoms with van der Waals surface area (Å²) in [5.41, 5.74) is 0.543. The fourth-order valence-corrected chi connectivity index (χ4v) is 2.27. The highest BCUT2D eigenvalue weighted by Gasteiger charge is 2.12. The molecule has 0 atom stereocenters. The Labute approximate surface area is 119 Å². The summed E-state index contributed by atoms with van der Waals surface area (Å²) >= 11 is 3.34. The number of nitrogens with one attached hydrogen (secondary N) is 1. The second-order valence-corrected chi connectivity index (χ2v) is 5.24. The van der Waals surface area contributed by atoms with Crippen molar-refractivity contribution in [1.82, 2.24) is 9.97 Å². The maximum atomic E-state index is 12.1. The maximum absolute atomic E-state index is 12.1. The minimum Gasteiger partial charge on any atom is -0.493 e. The molecule has 100 valence electrons. The number of aromatic hydroxyl groups is 1. The van der Waals surface area contributed by atoms with Gasteiger partial charge >= 0.3 is 0 Å². The fraction of sp³-hybridized carbons (Fsp3) is 0.286. The van der Waals surface area contributed by atoms with E-state index in [1.54, 1.807) is 12.1 Å². The third-order valence-corrected chi connectivity index (χ3v) is 3.32. The Morgan fingerprint density at radius 1 is 1.42 bits per heavy atom. The third kappa shape index (κ3) is 3.23. The van der Waals surface area contributed by atoms with E-state index in [-0.39, 0.29) is 17.0 Å². The number of hydrogen-bond donors (Lipinski definition) is 2. The minimum absolute atomic E-state index is 0.210. The molecule has 0 saturated carbocycles. The van der Waals surface area contributed by atoms with Gasteiger partial charge in [0.05, 0.1) is 0 Å². The van der Waals surface area contributed by atoms with Crippen molar-refractivity contribution in [1.29, 1.82) is 0 Å². The van der Waals surface area contributed by atoms with Crippen molar-refractivity contribution in [2.75, 3.05) is 0 Å². The van der Waals surface area contributed by atoms with Crippen LogP contribution >= 0.6 is 15.9 Å². The van der Waals surface area contributed by atoms with E-state index in [1.807, 2.05) is 12.1 Å². The van der Waals surface area contributed by atoms with Gasteiger partial charge in [0.1, 0.15) is 11.4 Å². The normalized spacial score (nSPS) is 10.6. The lowest BCUT2D eigenvalue weighted by atomic mass is 10.1. The SMILES string of the molecule is CCCCc1nc(O)c(-c2cccc(Br)c2)c(=O)[nH]1. The molecule has 1 aromatic carbocycles. The number of nitrogens with zero attached hydrogens (tertiary/aromatic N) is 1. The van der Waals surface area contributed by atoms with E-state index in [9.17, 15) is 9.90 Å². The molecule has 1 aromatic heterocycles. The zero-order valence-electron chi connectivity index (χ0n) is 10.6. The Hall–Kier alpha value is -1.62. The van der Waals surface area contributed by atoms with Gasteiger partial charge in [0.2, 0.25) is 5.88 Å². The zero-order valence-corrected chi connectivity index (χ0v) is 12.2.